The van der Waals surface area contributed by atoms with Gasteiger partial charge in [0.05, 0.1) is 11.0 Å². The first-order chi connectivity index (χ1) is 23.2. The van der Waals surface area contributed by atoms with Crippen LogP contribution >= 0.6 is 0 Å². The van der Waals surface area contributed by atoms with Gasteiger partial charge in [-0.15, -0.1) is 0 Å². The number of fused-ring (bicyclic) bond motifs is 1. The summed E-state index contributed by atoms with van der Waals surface area (Å²) in [4.78, 5) is 19.9. The molecule has 4 aliphatic rings. The molecule has 254 valence electrons. The molecule has 1 unspecified atom stereocenters. The van der Waals surface area contributed by atoms with E-state index in [-0.39, 0.29) is 13.0 Å². The molecule has 4 aromatic rings. The van der Waals surface area contributed by atoms with Crippen molar-refractivity contribution in [2.45, 2.75) is 90.8 Å². The summed E-state index contributed by atoms with van der Waals surface area (Å²) in [6.07, 6.45) is 10.5. The van der Waals surface area contributed by atoms with Crippen LogP contribution in [0.2, 0.25) is 0 Å². The molecule has 1 atom stereocenters. The largest absolute Gasteiger partial charge is 0.372 e. The number of benzene rings is 3. The summed E-state index contributed by atoms with van der Waals surface area (Å²) in [7, 11) is 0. The molecule has 48 heavy (non-hydrogen) atoms. The number of imidazole rings is 1. The van der Waals surface area contributed by atoms with Crippen LogP contribution in [-0.4, -0.2) is 28.5 Å². The minimum Gasteiger partial charge on any atom is -0.372 e. The number of nitrogens with two attached hydrogens (primary N) is 1. The van der Waals surface area contributed by atoms with Gasteiger partial charge < -0.3 is 20.5 Å². The van der Waals surface area contributed by atoms with E-state index in [0.29, 0.717) is 11.0 Å². The van der Waals surface area contributed by atoms with E-state index in [1.807, 2.05) is 0 Å². The molecule has 8 heteroatoms. The zero-order chi connectivity index (χ0) is 33.4. The van der Waals surface area contributed by atoms with Gasteiger partial charge >= 0.3 is 0 Å². The minimum absolute atomic E-state index is 0.0729. The highest BCUT2D eigenvalue weighted by atomic mass is 19.2. The van der Waals surface area contributed by atoms with Gasteiger partial charge in [0.1, 0.15) is 5.82 Å². The number of carbonyl (C=O) groups excluding carboxylic acids is 1. The SMILES string of the molecule is CCCN(CCC)c1ccc(-c2nc3cc(C(CC(N)=O)NCc4ccc(F)c(F)c4)ccc3n2CC23CC4CC(CC(C4)C2)C3)cc1. The molecule has 4 bridgehead atoms. The van der Waals surface area contributed by atoms with Crippen molar-refractivity contribution in [1.29, 1.82) is 0 Å². The first-order valence-electron chi connectivity index (χ1n) is 18.0. The number of primary amides is 1. The molecule has 4 aliphatic carbocycles. The van der Waals surface area contributed by atoms with Crippen LogP contribution in [0.15, 0.2) is 60.7 Å². The van der Waals surface area contributed by atoms with Crippen LogP contribution in [-0.2, 0) is 17.9 Å². The molecule has 1 amide bonds. The van der Waals surface area contributed by atoms with E-state index in [2.05, 4.69) is 71.1 Å². The third-order valence-corrected chi connectivity index (χ3v) is 11.3. The number of carbonyl (C=O) groups is 1. The zero-order valence-corrected chi connectivity index (χ0v) is 28.4. The molecule has 8 rings (SSSR count). The summed E-state index contributed by atoms with van der Waals surface area (Å²) < 4.78 is 29.9. The number of halogens is 2. The predicted molar refractivity (Wildman–Crippen MR) is 188 cm³/mol. The number of anilines is 1. The summed E-state index contributed by atoms with van der Waals surface area (Å²) in [5.74, 6) is 1.35. The fourth-order valence-electron chi connectivity index (χ4n) is 9.69. The fourth-order valence-corrected chi connectivity index (χ4v) is 9.69. The van der Waals surface area contributed by atoms with Crippen LogP contribution in [0.4, 0.5) is 14.5 Å². The maximum Gasteiger partial charge on any atom is 0.219 e. The van der Waals surface area contributed by atoms with Crippen LogP contribution in [0.1, 0.15) is 88.8 Å². The van der Waals surface area contributed by atoms with E-state index in [9.17, 15) is 13.6 Å². The molecular formula is C40H49F2N5O. The molecule has 0 spiro atoms. The smallest absolute Gasteiger partial charge is 0.219 e. The lowest BCUT2D eigenvalue weighted by atomic mass is 9.49. The van der Waals surface area contributed by atoms with Gasteiger partial charge in [-0.2, -0.15) is 0 Å². The summed E-state index contributed by atoms with van der Waals surface area (Å²) >= 11 is 0. The predicted octanol–water partition coefficient (Wildman–Crippen LogP) is 8.53. The van der Waals surface area contributed by atoms with Crippen LogP contribution in [0.5, 0.6) is 0 Å². The lowest BCUT2D eigenvalue weighted by Crippen LogP contribution is -2.47. The Balaban J connectivity index is 1.24. The molecule has 3 N–H and O–H groups in total. The van der Waals surface area contributed by atoms with Gasteiger partial charge in [-0.25, -0.2) is 13.8 Å². The number of hydrogen-bond acceptors (Lipinski definition) is 4. The lowest BCUT2D eigenvalue weighted by molar-refractivity contribution is -0.118. The normalized spacial score (nSPS) is 23.5. The van der Waals surface area contributed by atoms with Gasteiger partial charge in [-0.3, -0.25) is 4.79 Å². The first kappa shape index (κ1) is 32.8. The molecule has 0 saturated heterocycles. The Bertz CT molecular complexity index is 1720. The van der Waals surface area contributed by atoms with Crippen LogP contribution in [0, 0.1) is 34.8 Å². The van der Waals surface area contributed by atoms with Gasteiger partial charge in [0, 0.05) is 49.9 Å². The Labute approximate surface area is 283 Å². The average molecular weight is 654 g/mol. The third kappa shape index (κ3) is 6.73. The average Bonchev–Trinajstić information content (AvgIpc) is 3.40. The van der Waals surface area contributed by atoms with E-state index >= 15 is 0 Å². The van der Waals surface area contributed by atoms with E-state index in [0.717, 1.165) is 84.3 Å². The van der Waals surface area contributed by atoms with Gasteiger partial charge in [-0.05, 0) is 134 Å². The number of aromatic nitrogens is 2. The summed E-state index contributed by atoms with van der Waals surface area (Å²) in [5.41, 5.74) is 11.8. The van der Waals surface area contributed by atoms with Crippen LogP contribution in [0.3, 0.4) is 0 Å². The van der Waals surface area contributed by atoms with Crippen molar-refractivity contribution in [3.63, 3.8) is 0 Å². The lowest BCUT2D eigenvalue weighted by Gasteiger charge is -2.57. The van der Waals surface area contributed by atoms with Crippen molar-refractivity contribution in [1.82, 2.24) is 14.9 Å². The number of rotatable bonds is 14. The Hall–Kier alpha value is -3.78. The first-order valence-corrected chi connectivity index (χ1v) is 18.0. The van der Waals surface area contributed by atoms with E-state index < -0.39 is 23.6 Å². The van der Waals surface area contributed by atoms with Crippen molar-refractivity contribution in [2.75, 3.05) is 18.0 Å². The third-order valence-electron chi connectivity index (χ3n) is 11.3. The second kappa shape index (κ2) is 13.6. The molecule has 0 aliphatic heterocycles. The molecule has 1 heterocycles. The highest BCUT2D eigenvalue weighted by Crippen LogP contribution is 2.61. The van der Waals surface area contributed by atoms with Gasteiger partial charge in [0.15, 0.2) is 11.6 Å². The van der Waals surface area contributed by atoms with E-state index in [1.165, 1.54) is 50.3 Å². The standard InChI is InChI=1S/C40H49F2N5O/c1-3-13-46(14-4-2)32-9-6-30(7-10-32)39-45-36-19-31(35(20-38(43)48)44-24-26-5-11-33(41)34(42)18-26)8-12-37(36)47(39)25-40-21-27-15-28(22-40)17-29(16-27)23-40/h5-12,18-19,27-29,35,44H,3-4,13-17,20-25H2,1-2H3,(H2,43,48). The Morgan fingerprint density at radius 2 is 1.60 bits per heavy atom. The molecule has 0 radical (unpaired) electrons. The number of amides is 1. The minimum atomic E-state index is -0.893. The molecule has 3 aromatic carbocycles. The van der Waals surface area contributed by atoms with Gasteiger partial charge in [-0.1, -0.05) is 26.0 Å². The van der Waals surface area contributed by atoms with Crippen LogP contribution < -0.4 is 16.0 Å². The topological polar surface area (TPSA) is 76.2 Å². The molecule has 1 aromatic heterocycles. The zero-order valence-electron chi connectivity index (χ0n) is 28.4. The van der Waals surface area contributed by atoms with Gasteiger partial charge in [0.2, 0.25) is 5.91 Å². The summed E-state index contributed by atoms with van der Waals surface area (Å²) in [6, 6.07) is 18.7. The van der Waals surface area contributed by atoms with Gasteiger partial charge in [0.25, 0.3) is 0 Å². The van der Waals surface area contributed by atoms with Crippen molar-refractivity contribution >= 4 is 22.6 Å². The molecule has 4 saturated carbocycles. The fraction of sp³-hybridized carbons (Fsp3) is 0.500. The van der Waals surface area contributed by atoms with Crippen molar-refractivity contribution in [3.05, 3.63) is 83.4 Å². The second-order valence-electron chi connectivity index (χ2n) is 15.1. The molecular weight excluding hydrogens is 604 g/mol. The van der Waals surface area contributed by atoms with Crippen LogP contribution in [0.25, 0.3) is 22.4 Å². The summed E-state index contributed by atoms with van der Waals surface area (Å²) in [5, 5.41) is 3.36. The Morgan fingerprint density at radius 3 is 2.21 bits per heavy atom. The van der Waals surface area contributed by atoms with Crippen molar-refractivity contribution in [3.8, 4) is 11.4 Å². The van der Waals surface area contributed by atoms with Crippen molar-refractivity contribution in [2.24, 2.45) is 28.9 Å². The van der Waals surface area contributed by atoms with Crippen molar-refractivity contribution < 1.29 is 13.6 Å². The summed E-state index contributed by atoms with van der Waals surface area (Å²) in [6.45, 7) is 7.77. The molecule has 6 nitrogen and oxygen atoms in total. The Kier molecular flexibility index (Phi) is 9.29. The number of nitrogens with one attached hydrogen (secondary N) is 1. The van der Waals surface area contributed by atoms with E-state index in [4.69, 9.17) is 10.7 Å². The Morgan fingerprint density at radius 1 is 0.938 bits per heavy atom. The quantitative estimate of drug-likeness (QED) is 0.143. The highest BCUT2D eigenvalue weighted by Gasteiger charge is 2.51. The highest BCUT2D eigenvalue weighted by molar-refractivity contribution is 5.82. The number of hydrogen-bond donors (Lipinski definition) is 2. The monoisotopic (exact) mass is 653 g/mol. The van der Waals surface area contributed by atoms with E-state index in [1.54, 1.807) is 6.07 Å². The second-order valence-corrected chi connectivity index (χ2v) is 15.1. The number of nitrogens with zero attached hydrogens (tertiary/aromatic N) is 3. The molecule has 4 fully saturated rings. The maximum absolute atomic E-state index is 13.9. The maximum atomic E-state index is 13.9.